The Morgan fingerprint density at radius 2 is 2.07 bits per heavy atom. The van der Waals surface area contributed by atoms with Crippen LogP contribution in [0.25, 0.3) is 0 Å². The van der Waals surface area contributed by atoms with Gasteiger partial charge < -0.3 is 0 Å². The first-order valence-electron chi connectivity index (χ1n) is 3.74. The molecular weight excluding hydrogens is 228 g/mol. The predicted octanol–water partition coefficient (Wildman–Crippen LogP) is 2.46. The van der Waals surface area contributed by atoms with E-state index in [4.69, 9.17) is 11.6 Å². The highest BCUT2D eigenvalue weighted by atomic mass is 35.5. The highest BCUT2D eigenvalue weighted by Crippen LogP contribution is 2.20. The molecule has 0 fully saturated rings. The van der Waals surface area contributed by atoms with Crippen LogP contribution in [0.5, 0.6) is 0 Å². The van der Waals surface area contributed by atoms with E-state index in [1.165, 1.54) is 0 Å². The van der Waals surface area contributed by atoms with Gasteiger partial charge in [-0.2, -0.15) is 4.39 Å². The second-order valence-electron chi connectivity index (χ2n) is 2.48. The second-order valence-corrected chi connectivity index (χ2v) is 2.74. The maximum absolute atomic E-state index is 13.1. The summed E-state index contributed by atoms with van der Waals surface area (Å²) in [6.07, 6.45) is 0. The van der Waals surface area contributed by atoms with E-state index in [-0.39, 0.29) is 11.4 Å². The van der Waals surface area contributed by atoms with Crippen LogP contribution in [-0.4, -0.2) is 10.8 Å². The third-order valence-corrected chi connectivity index (χ3v) is 1.66. The molecule has 0 aliphatic heterocycles. The Balaban J connectivity index is 3.25. The minimum Gasteiger partial charge on any atom is -0.258 e. The molecule has 0 spiro atoms. The minimum atomic E-state index is -1.12. The number of alkyl halides is 1. The summed E-state index contributed by atoms with van der Waals surface area (Å²) in [5.41, 5.74) is -1.16. The summed E-state index contributed by atoms with van der Waals surface area (Å²) in [6.45, 7) is 0. The van der Waals surface area contributed by atoms with E-state index in [0.29, 0.717) is 12.1 Å². The van der Waals surface area contributed by atoms with Crippen molar-refractivity contribution < 1.29 is 13.7 Å². The van der Waals surface area contributed by atoms with Crippen LogP contribution in [0.15, 0.2) is 12.1 Å². The third-order valence-electron chi connectivity index (χ3n) is 1.52. The van der Waals surface area contributed by atoms with Gasteiger partial charge in [0.1, 0.15) is 5.82 Å². The van der Waals surface area contributed by atoms with Crippen LogP contribution >= 0.6 is 11.6 Å². The van der Waals surface area contributed by atoms with Crippen LogP contribution in [0.4, 0.5) is 14.5 Å². The Labute approximate surface area is 88.8 Å². The molecule has 1 aromatic carbocycles. The molecule has 78 valence electrons. The van der Waals surface area contributed by atoms with Crippen molar-refractivity contribution in [3.05, 3.63) is 39.4 Å². The molecule has 0 aromatic heterocycles. The first-order valence-corrected chi connectivity index (χ1v) is 4.28. The van der Waals surface area contributed by atoms with E-state index < -0.39 is 22.2 Å². The molecule has 0 unspecified atom stereocenters. The zero-order valence-electron chi connectivity index (χ0n) is 7.26. The summed E-state index contributed by atoms with van der Waals surface area (Å²) in [4.78, 5) is 9.24. The zero-order valence-corrected chi connectivity index (χ0v) is 8.02. The Morgan fingerprint density at radius 3 is 2.60 bits per heavy atom. The lowest BCUT2D eigenvalue weighted by atomic mass is 10.2. The van der Waals surface area contributed by atoms with Crippen molar-refractivity contribution in [3.63, 3.8) is 0 Å². The average molecular weight is 232 g/mol. The molecule has 0 amide bonds. The molecule has 0 aliphatic carbocycles. The monoisotopic (exact) mass is 231 g/mol. The number of nitro groups is 1. The largest absolute Gasteiger partial charge is 0.307 e. The summed E-state index contributed by atoms with van der Waals surface area (Å²) >= 11 is 5.23. The molecule has 1 rings (SSSR count). The number of hydrogen-bond donors (Lipinski definition) is 0. The summed E-state index contributed by atoms with van der Waals surface area (Å²) < 4.78 is 26.1. The van der Waals surface area contributed by atoms with E-state index in [1.54, 1.807) is 0 Å². The van der Waals surface area contributed by atoms with Crippen molar-refractivity contribution in [2.75, 3.05) is 5.88 Å². The van der Waals surface area contributed by atoms with Gasteiger partial charge in [0, 0.05) is 0 Å². The molecule has 0 bridgehead atoms. The molecule has 0 N–H and O–H groups in total. The Morgan fingerprint density at radius 1 is 1.40 bits per heavy atom. The number of nitrogens with zero attached hydrogens (tertiary/aromatic N) is 1. The van der Waals surface area contributed by atoms with Crippen molar-refractivity contribution >= 4 is 17.3 Å². The standard InChI is InChI=1S/C9H4ClF2NO2/c10-3-1-2-6-4-8(12)9(13(14)15)5-7(6)11/h4-5H,3H2. The molecule has 0 atom stereocenters. The molecule has 6 heteroatoms. The average Bonchev–Trinajstić information content (AvgIpc) is 2.18. The normalized spacial score (nSPS) is 9.27. The summed E-state index contributed by atoms with van der Waals surface area (Å²) in [5, 5.41) is 10.2. The zero-order chi connectivity index (χ0) is 11.4. The highest BCUT2D eigenvalue weighted by molar-refractivity contribution is 6.19. The lowest BCUT2D eigenvalue weighted by molar-refractivity contribution is -0.387. The number of halogens is 3. The molecule has 0 saturated heterocycles. The Bertz CT molecular complexity index is 465. The van der Waals surface area contributed by atoms with Crippen LogP contribution < -0.4 is 0 Å². The number of rotatable bonds is 1. The molecule has 3 nitrogen and oxygen atoms in total. The van der Waals surface area contributed by atoms with Crippen molar-refractivity contribution in [2.24, 2.45) is 0 Å². The molecule has 1 aromatic rings. The Kier molecular flexibility index (Phi) is 3.58. The lowest BCUT2D eigenvalue weighted by Gasteiger charge is -1.96. The van der Waals surface area contributed by atoms with E-state index in [9.17, 15) is 18.9 Å². The van der Waals surface area contributed by atoms with E-state index in [2.05, 4.69) is 11.8 Å². The summed E-state index contributed by atoms with van der Waals surface area (Å²) in [6, 6.07) is 1.17. The maximum Gasteiger partial charge on any atom is 0.307 e. The fraction of sp³-hybridized carbons (Fsp3) is 0.111. The number of hydrogen-bond acceptors (Lipinski definition) is 2. The number of benzene rings is 1. The van der Waals surface area contributed by atoms with Crippen LogP contribution in [0.1, 0.15) is 5.56 Å². The van der Waals surface area contributed by atoms with Crippen molar-refractivity contribution in [1.29, 1.82) is 0 Å². The SMILES string of the molecule is O=[N+]([O-])c1cc(F)c(C#CCCl)cc1F. The summed E-state index contributed by atoms with van der Waals surface area (Å²) in [7, 11) is 0. The van der Waals surface area contributed by atoms with E-state index >= 15 is 0 Å². The van der Waals surface area contributed by atoms with Crippen molar-refractivity contribution in [2.45, 2.75) is 0 Å². The summed E-state index contributed by atoms with van der Waals surface area (Å²) in [5.74, 6) is 2.47. The second kappa shape index (κ2) is 4.71. The molecule has 0 saturated carbocycles. The van der Waals surface area contributed by atoms with Gasteiger partial charge in [0.15, 0.2) is 0 Å². The molecular formula is C9H4ClF2NO2. The smallest absolute Gasteiger partial charge is 0.258 e. The topological polar surface area (TPSA) is 43.1 Å². The molecule has 0 radical (unpaired) electrons. The number of nitro benzene ring substituents is 1. The Hall–Kier alpha value is -1.67. The highest BCUT2D eigenvalue weighted by Gasteiger charge is 2.17. The molecule has 0 heterocycles. The minimum absolute atomic E-state index is 0.0297. The van der Waals surface area contributed by atoms with Crippen molar-refractivity contribution in [1.82, 2.24) is 0 Å². The van der Waals surface area contributed by atoms with Gasteiger partial charge in [-0.3, -0.25) is 10.1 Å². The van der Waals surface area contributed by atoms with E-state index in [0.717, 1.165) is 0 Å². The first kappa shape index (κ1) is 11.4. The fourth-order valence-corrected chi connectivity index (χ4v) is 0.967. The van der Waals surface area contributed by atoms with Crippen LogP contribution in [-0.2, 0) is 0 Å². The van der Waals surface area contributed by atoms with Gasteiger partial charge in [-0.05, 0) is 6.07 Å². The van der Waals surface area contributed by atoms with Crippen LogP contribution in [0.3, 0.4) is 0 Å². The van der Waals surface area contributed by atoms with E-state index in [1.807, 2.05) is 0 Å². The lowest BCUT2D eigenvalue weighted by Crippen LogP contribution is -1.96. The van der Waals surface area contributed by atoms with Gasteiger partial charge in [-0.1, -0.05) is 11.8 Å². The van der Waals surface area contributed by atoms with Crippen molar-refractivity contribution in [3.8, 4) is 11.8 Å². The van der Waals surface area contributed by atoms with Gasteiger partial charge in [0.25, 0.3) is 0 Å². The molecule has 15 heavy (non-hydrogen) atoms. The van der Waals surface area contributed by atoms with Crippen LogP contribution in [0, 0.1) is 33.6 Å². The predicted molar refractivity (Wildman–Crippen MR) is 50.6 cm³/mol. The maximum atomic E-state index is 13.1. The fourth-order valence-electron chi connectivity index (χ4n) is 0.901. The molecule has 0 aliphatic rings. The quantitative estimate of drug-likeness (QED) is 0.323. The first-order chi connectivity index (χ1) is 7.06. The van der Waals surface area contributed by atoms with Gasteiger partial charge in [0.2, 0.25) is 5.82 Å². The van der Waals surface area contributed by atoms with Gasteiger partial charge in [0.05, 0.1) is 22.4 Å². The third kappa shape index (κ3) is 2.64. The van der Waals surface area contributed by atoms with Gasteiger partial charge in [-0.25, -0.2) is 4.39 Å². The van der Waals surface area contributed by atoms with Gasteiger partial charge >= 0.3 is 5.69 Å². The van der Waals surface area contributed by atoms with Gasteiger partial charge in [-0.15, -0.1) is 11.6 Å². The van der Waals surface area contributed by atoms with Crippen LogP contribution in [0.2, 0.25) is 0 Å².